The van der Waals surface area contributed by atoms with Crippen LogP contribution in [-0.4, -0.2) is 13.2 Å². The van der Waals surface area contributed by atoms with Crippen molar-refractivity contribution in [1.82, 2.24) is 0 Å². The van der Waals surface area contributed by atoms with E-state index >= 15 is 0 Å². The molecule has 0 heterocycles. The van der Waals surface area contributed by atoms with Gasteiger partial charge < -0.3 is 10.5 Å². The first-order valence-electron chi connectivity index (χ1n) is 5.39. The van der Waals surface area contributed by atoms with Crippen molar-refractivity contribution in [2.24, 2.45) is 11.1 Å². The van der Waals surface area contributed by atoms with Crippen LogP contribution in [0.4, 0.5) is 0 Å². The first-order valence-corrected chi connectivity index (χ1v) is 5.39. The molecule has 1 aromatic rings. The molecule has 15 heavy (non-hydrogen) atoms. The van der Waals surface area contributed by atoms with Crippen molar-refractivity contribution in [1.29, 1.82) is 0 Å². The van der Waals surface area contributed by atoms with Crippen molar-refractivity contribution in [3.8, 4) is 5.75 Å². The molecule has 1 fully saturated rings. The van der Waals surface area contributed by atoms with Gasteiger partial charge in [0.25, 0.3) is 0 Å². The highest BCUT2D eigenvalue weighted by Crippen LogP contribution is 2.58. The van der Waals surface area contributed by atoms with Gasteiger partial charge in [-0.25, -0.2) is 0 Å². The molecular formula is C13H19NO. The maximum atomic E-state index is 6.10. The second-order valence-electron chi connectivity index (χ2n) is 5.00. The molecule has 0 unspecified atom stereocenters. The van der Waals surface area contributed by atoms with E-state index in [0.717, 1.165) is 5.75 Å². The summed E-state index contributed by atoms with van der Waals surface area (Å²) < 4.78 is 5.33. The second kappa shape index (κ2) is 3.24. The standard InChI is InChI=1S/C13H19NO/c1-8-9(6-5-7-10(8)15-4)11-12(14)13(11,2)3/h5-7,11-12H,14H2,1-4H3/t11-,12-/m1/s1. The number of nitrogens with two attached hydrogens (primary N) is 1. The van der Waals surface area contributed by atoms with E-state index in [1.165, 1.54) is 11.1 Å². The lowest BCUT2D eigenvalue weighted by atomic mass is 9.98. The summed E-state index contributed by atoms with van der Waals surface area (Å²) in [5.74, 6) is 1.44. The number of rotatable bonds is 2. The van der Waals surface area contributed by atoms with Gasteiger partial charge in [0, 0.05) is 12.0 Å². The SMILES string of the molecule is COc1cccc([C@@H]2[C@@H](N)C2(C)C)c1C. The summed E-state index contributed by atoms with van der Waals surface area (Å²) in [6.45, 7) is 6.55. The predicted octanol–water partition coefficient (Wildman–Crippen LogP) is 2.45. The minimum Gasteiger partial charge on any atom is -0.496 e. The van der Waals surface area contributed by atoms with Crippen molar-refractivity contribution >= 4 is 0 Å². The molecule has 1 saturated carbocycles. The Balaban J connectivity index is 2.39. The lowest BCUT2D eigenvalue weighted by Crippen LogP contribution is -2.06. The highest BCUT2D eigenvalue weighted by molar-refractivity contribution is 5.46. The molecule has 2 heteroatoms. The van der Waals surface area contributed by atoms with Crippen LogP contribution in [0.1, 0.15) is 30.9 Å². The normalized spacial score (nSPS) is 27.5. The minimum absolute atomic E-state index is 0.233. The largest absolute Gasteiger partial charge is 0.496 e. The summed E-state index contributed by atoms with van der Waals surface area (Å²) >= 11 is 0. The van der Waals surface area contributed by atoms with E-state index in [4.69, 9.17) is 10.5 Å². The van der Waals surface area contributed by atoms with Crippen molar-refractivity contribution in [2.75, 3.05) is 7.11 Å². The maximum Gasteiger partial charge on any atom is 0.122 e. The van der Waals surface area contributed by atoms with Gasteiger partial charge in [0.2, 0.25) is 0 Å². The van der Waals surface area contributed by atoms with Crippen LogP contribution in [-0.2, 0) is 0 Å². The van der Waals surface area contributed by atoms with Crippen LogP contribution in [0.3, 0.4) is 0 Å². The van der Waals surface area contributed by atoms with Crippen LogP contribution in [0.15, 0.2) is 18.2 Å². The molecule has 0 aliphatic heterocycles. The Kier molecular flexibility index (Phi) is 2.27. The highest BCUT2D eigenvalue weighted by atomic mass is 16.5. The first-order chi connectivity index (χ1) is 7.00. The topological polar surface area (TPSA) is 35.2 Å². The molecule has 0 amide bonds. The lowest BCUT2D eigenvalue weighted by molar-refractivity contribution is 0.410. The third kappa shape index (κ3) is 1.44. The molecule has 2 rings (SSSR count). The summed E-state index contributed by atoms with van der Waals surface area (Å²) in [6, 6.07) is 6.49. The number of hydrogen-bond acceptors (Lipinski definition) is 2. The molecule has 2 atom stereocenters. The molecule has 2 nitrogen and oxygen atoms in total. The van der Waals surface area contributed by atoms with Crippen LogP contribution in [0.2, 0.25) is 0 Å². The fraction of sp³-hybridized carbons (Fsp3) is 0.538. The minimum atomic E-state index is 0.233. The average Bonchev–Trinajstić information content (AvgIpc) is 2.68. The van der Waals surface area contributed by atoms with Gasteiger partial charge in [-0.3, -0.25) is 0 Å². The zero-order valence-corrected chi connectivity index (χ0v) is 9.87. The number of benzene rings is 1. The van der Waals surface area contributed by atoms with Gasteiger partial charge in [0.05, 0.1) is 7.11 Å². The van der Waals surface area contributed by atoms with E-state index in [2.05, 4.69) is 26.8 Å². The number of ether oxygens (including phenoxy) is 1. The molecular weight excluding hydrogens is 186 g/mol. The van der Waals surface area contributed by atoms with Gasteiger partial charge in [-0.1, -0.05) is 26.0 Å². The third-order valence-electron chi connectivity index (χ3n) is 3.79. The van der Waals surface area contributed by atoms with E-state index in [0.29, 0.717) is 5.92 Å². The lowest BCUT2D eigenvalue weighted by Gasteiger charge is -2.11. The Bertz CT molecular complexity index is 384. The first kappa shape index (κ1) is 10.5. The predicted molar refractivity (Wildman–Crippen MR) is 62.2 cm³/mol. The fourth-order valence-electron chi connectivity index (χ4n) is 2.46. The second-order valence-corrected chi connectivity index (χ2v) is 5.00. The van der Waals surface area contributed by atoms with Gasteiger partial charge in [-0.15, -0.1) is 0 Å². The quantitative estimate of drug-likeness (QED) is 0.805. The maximum absolute atomic E-state index is 6.10. The van der Waals surface area contributed by atoms with Gasteiger partial charge in [-0.2, -0.15) is 0 Å². The van der Waals surface area contributed by atoms with E-state index < -0.39 is 0 Å². The zero-order valence-electron chi connectivity index (χ0n) is 9.87. The van der Waals surface area contributed by atoms with Crippen LogP contribution < -0.4 is 10.5 Å². The summed E-state index contributed by atoms with van der Waals surface area (Å²) in [4.78, 5) is 0. The molecule has 0 radical (unpaired) electrons. The molecule has 1 aliphatic rings. The fourth-order valence-corrected chi connectivity index (χ4v) is 2.46. The van der Waals surface area contributed by atoms with Crippen LogP contribution >= 0.6 is 0 Å². The van der Waals surface area contributed by atoms with Gasteiger partial charge in [0.1, 0.15) is 5.75 Å². The molecule has 0 bridgehead atoms. The van der Waals surface area contributed by atoms with Gasteiger partial charge in [0.15, 0.2) is 0 Å². The Morgan fingerprint density at radius 1 is 1.33 bits per heavy atom. The zero-order chi connectivity index (χ0) is 11.2. The van der Waals surface area contributed by atoms with Gasteiger partial charge >= 0.3 is 0 Å². The number of hydrogen-bond donors (Lipinski definition) is 1. The Labute approximate surface area is 91.4 Å². The van der Waals surface area contributed by atoms with E-state index in [1.807, 2.05) is 12.1 Å². The Hall–Kier alpha value is -1.02. The molecule has 1 aliphatic carbocycles. The van der Waals surface area contributed by atoms with Crippen molar-refractivity contribution < 1.29 is 4.74 Å². The van der Waals surface area contributed by atoms with Crippen molar-refractivity contribution in [3.63, 3.8) is 0 Å². The molecule has 0 aromatic heterocycles. The van der Waals surface area contributed by atoms with Crippen molar-refractivity contribution in [2.45, 2.75) is 32.7 Å². The van der Waals surface area contributed by atoms with Crippen molar-refractivity contribution in [3.05, 3.63) is 29.3 Å². The number of methoxy groups -OCH3 is 1. The molecule has 2 N–H and O–H groups in total. The molecule has 0 spiro atoms. The molecule has 0 saturated heterocycles. The van der Waals surface area contributed by atoms with Crippen LogP contribution in [0, 0.1) is 12.3 Å². The smallest absolute Gasteiger partial charge is 0.122 e. The van der Waals surface area contributed by atoms with Crippen LogP contribution in [0.25, 0.3) is 0 Å². The molecule has 82 valence electrons. The summed E-state index contributed by atoms with van der Waals surface area (Å²) in [5.41, 5.74) is 8.90. The monoisotopic (exact) mass is 205 g/mol. The van der Waals surface area contributed by atoms with Crippen LogP contribution in [0.5, 0.6) is 5.75 Å². The highest BCUT2D eigenvalue weighted by Gasteiger charge is 2.56. The summed E-state index contributed by atoms with van der Waals surface area (Å²) in [6.07, 6.45) is 0. The summed E-state index contributed by atoms with van der Waals surface area (Å²) in [7, 11) is 1.71. The molecule has 1 aromatic carbocycles. The average molecular weight is 205 g/mol. The Morgan fingerprint density at radius 2 is 1.93 bits per heavy atom. The van der Waals surface area contributed by atoms with Gasteiger partial charge in [-0.05, 0) is 29.5 Å². The Morgan fingerprint density at radius 3 is 2.40 bits per heavy atom. The summed E-state index contributed by atoms with van der Waals surface area (Å²) in [5, 5.41) is 0. The van der Waals surface area contributed by atoms with E-state index in [1.54, 1.807) is 7.11 Å². The van der Waals surface area contributed by atoms with E-state index in [9.17, 15) is 0 Å². The third-order valence-corrected chi connectivity index (χ3v) is 3.79. The van der Waals surface area contributed by atoms with E-state index in [-0.39, 0.29) is 11.5 Å².